The second-order valence-corrected chi connectivity index (χ2v) is 7.45. The van der Waals surface area contributed by atoms with Crippen molar-refractivity contribution in [2.45, 2.75) is 31.8 Å². The van der Waals surface area contributed by atoms with Crippen molar-refractivity contribution in [3.63, 3.8) is 0 Å². The maximum absolute atomic E-state index is 12.8. The Labute approximate surface area is 170 Å². The number of carbonyl (C=O) groups excluding carboxylic acids is 4. The second kappa shape index (κ2) is 6.73. The molecule has 2 saturated heterocycles. The van der Waals surface area contributed by atoms with Crippen LogP contribution in [0.25, 0.3) is 5.65 Å². The number of nitrogens with zero attached hydrogens (tertiary/aromatic N) is 5. The van der Waals surface area contributed by atoms with E-state index in [-0.39, 0.29) is 24.7 Å². The van der Waals surface area contributed by atoms with Crippen LogP contribution >= 0.6 is 0 Å². The smallest absolute Gasteiger partial charge is 0.257 e. The van der Waals surface area contributed by atoms with Crippen LogP contribution in [0.1, 0.15) is 12.6 Å². The average Bonchev–Trinajstić information content (AvgIpc) is 3.32. The van der Waals surface area contributed by atoms with Crippen molar-refractivity contribution < 1.29 is 23.9 Å². The summed E-state index contributed by atoms with van der Waals surface area (Å²) in [6.07, 6.45) is 7.26. The van der Waals surface area contributed by atoms with Gasteiger partial charge in [0.15, 0.2) is 11.7 Å². The molecule has 0 radical (unpaired) electrons. The summed E-state index contributed by atoms with van der Waals surface area (Å²) < 4.78 is 7.36. The number of piperazine rings is 1. The molecule has 0 saturated carbocycles. The molecule has 0 aliphatic carbocycles. The topological polar surface area (TPSA) is 126 Å². The van der Waals surface area contributed by atoms with E-state index < -0.39 is 35.7 Å². The molecule has 1 unspecified atom stereocenters. The van der Waals surface area contributed by atoms with Gasteiger partial charge in [0.05, 0.1) is 43.8 Å². The molecule has 2 aromatic heterocycles. The van der Waals surface area contributed by atoms with Crippen molar-refractivity contribution in [1.82, 2.24) is 29.5 Å². The van der Waals surface area contributed by atoms with Crippen molar-refractivity contribution in [2.75, 3.05) is 13.2 Å². The first kappa shape index (κ1) is 18.4. The molecule has 11 heteroatoms. The van der Waals surface area contributed by atoms with Crippen molar-refractivity contribution in [3.8, 4) is 0 Å². The predicted octanol–water partition coefficient (Wildman–Crippen LogP) is -1.36. The van der Waals surface area contributed by atoms with E-state index in [2.05, 4.69) is 15.3 Å². The van der Waals surface area contributed by atoms with Crippen molar-refractivity contribution >= 4 is 29.0 Å². The van der Waals surface area contributed by atoms with E-state index in [1.165, 1.54) is 16.0 Å². The zero-order chi connectivity index (χ0) is 21.0. The second-order valence-electron chi connectivity index (χ2n) is 7.45. The molecule has 30 heavy (non-hydrogen) atoms. The third-order valence-corrected chi connectivity index (χ3v) is 5.58. The summed E-state index contributed by atoms with van der Waals surface area (Å²) in [7, 11) is 0. The Morgan fingerprint density at radius 1 is 1.30 bits per heavy atom. The normalized spacial score (nSPS) is 26.0. The van der Waals surface area contributed by atoms with Crippen molar-refractivity contribution in [3.05, 3.63) is 42.3 Å². The molecule has 2 amide bonds. The minimum atomic E-state index is -1.24. The highest BCUT2D eigenvalue weighted by Crippen LogP contribution is 2.29. The molecule has 11 nitrogen and oxygen atoms in total. The molecule has 5 heterocycles. The largest absolute Gasteiger partial charge is 0.354 e. The number of nitrogens with one attached hydrogen (secondary N) is 1. The van der Waals surface area contributed by atoms with Gasteiger partial charge >= 0.3 is 0 Å². The number of carbonyl (C=O) groups is 4. The Hall–Kier alpha value is -3.60. The van der Waals surface area contributed by atoms with Gasteiger partial charge in [0.1, 0.15) is 11.8 Å². The molecular weight excluding hydrogens is 392 g/mol. The first-order valence-corrected chi connectivity index (χ1v) is 9.49. The van der Waals surface area contributed by atoms with Gasteiger partial charge in [-0.2, -0.15) is 0 Å². The summed E-state index contributed by atoms with van der Waals surface area (Å²) in [4.78, 5) is 61.8. The third-order valence-electron chi connectivity index (χ3n) is 5.58. The van der Waals surface area contributed by atoms with Gasteiger partial charge in [0, 0.05) is 18.6 Å². The number of hydrogen-bond acceptors (Lipinski definition) is 8. The van der Waals surface area contributed by atoms with E-state index in [9.17, 15) is 19.2 Å². The molecular formula is C19H18N6O5. The molecule has 3 aliphatic rings. The van der Waals surface area contributed by atoms with E-state index in [0.29, 0.717) is 17.9 Å². The fraction of sp³-hybridized carbons (Fsp3) is 0.368. The number of ether oxygens (including phenoxy) is 1. The van der Waals surface area contributed by atoms with Gasteiger partial charge in [-0.3, -0.25) is 28.6 Å². The molecule has 154 valence electrons. The van der Waals surface area contributed by atoms with Crippen molar-refractivity contribution in [2.24, 2.45) is 0 Å². The molecule has 0 spiro atoms. The van der Waals surface area contributed by atoms with Gasteiger partial charge in [-0.25, -0.2) is 4.98 Å². The molecule has 5 rings (SSSR count). The average molecular weight is 410 g/mol. The highest BCUT2D eigenvalue weighted by atomic mass is 16.5. The van der Waals surface area contributed by atoms with E-state index in [4.69, 9.17) is 4.74 Å². The van der Waals surface area contributed by atoms with Gasteiger partial charge < -0.3 is 19.9 Å². The molecule has 2 aromatic rings. The van der Waals surface area contributed by atoms with E-state index in [0.717, 1.165) is 0 Å². The number of hydrogen-bond donors (Lipinski definition) is 1. The SMILES string of the molecule is C[C@H]1CO[C@@H]2CN3C=C(C(=O)NCc4cnc5cnccn45)C(=O)C(=O)C3C(=O)N12. The van der Waals surface area contributed by atoms with Crippen LogP contribution in [-0.4, -0.2) is 79.0 Å². The number of fused-ring (bicyclic) bond motifs is 3. The monoisotopic (exact) mass is 410 g/mol. The fourth-order valence-corrected chi connectivity index (χ4v) is 4.09. The Balaban J connectivity index is 1.37. The van der Waals surface area contributed by atoms with Gasteiger partial charge in [-0.1, -0.05) is 0 Å². The quantitative estimate of drug-likeness (QED) is 0.374. The lowest BCUT2D eigenvalue weighted by Crippen LogP contribution is -2.65. The lowest BCUT2D eigenvalue weighted by molar-refractivity contribution is -0.159. The Bertz CT molecular complexity index is 1120. The molecule has 0 bridgehead atoms. The van der Waals surface area contributed by atoms with Crippen LogP contribution in [0.5, 0.6) is 0 Å². The zero-order valence-electron chi connectivity index (χ0n) is 16.0. The fourth-order valence-electron chi connectivity index (χ4n) is 4.09. The maximum atomic E-state index is 12.8. The summed E-state index contributed by atoms with van der Waals surface area (Å²) >= 11 is 0. The highest BCUT2D eigenvalue weighted by Gasteiger charge is 2.52. The van der Waals surface area contributed by atoms with Crippen molar-refractivity contribution in [1.29, 1.82) is 0 Å². The zero-order valence-corrected chi connectivity index (χ0v) is 16.0. The van der Waals surface area contributed by atoms with Crippen LogP contribution in [0, 0.1) is 0 Å². The number of ketones is 2. The number of imidazole rings is 1. The van der Waals surface area contributed by atoms with Gasteiger partial charge in [-0.05, 0) is 6.92 Å². The lowest BCUT2D eigenvalue weighted by atomic mass is 9.93. The number of rotatable bonds is 3. The first-order chi connectivity index (χ1) is 14.5. The van der Waals surface area contributed by atoms with Crippen LogP contribution in [0.3, 0.4) is 0 Å². The Morgan fingerprint density at radius 2 is 2.13 bits per heavy atom. The van der Waals surface area contributed by atoms with Crippen LogP contribution in [0.2, 0.25) is 0 Å². The van der Waals surface area contributed by atoms with Gasteiger partial charge in [0.2, 0.25) is 11.6 Å². The number of amides is 2. The molecule has 3 atom stereocenters. The minimum absolute atomic E-state index is 0.0994. The van der Waals surface area contributed by atoms with Gasteiger partial charge in [0.25, 0.3) is 11.8 Å². The predicted molar refractivity (Wildman–Crippen MR) is 99.5 cm³/mol. The van der Waals surface area contributed by atoms with Crippen LogP contribution < -0.4 is 5.32 Å². The summed E-state index contributed by atoms with van der Waals surface area (Å²) in [6.45, 7) is 2.51. The maximum Gasteiger partial charge on any atom is 0.257 e. The summed E-state index contributed by atoms with van der Waals surface area (Å²) in [5.74, 6) is -3.02. The van der Waals surface area contributed by atoms with Crippen LogP contribution in [0.4, 0.5) is 0 Å². The van der Waals surface area contributed by atoms with Crippen LogP contribution in [-0.2, 0) is 30.5 Å². The molecule has 1 N–H and O–H groups in total. The standard InChI is InChI=1S/C19H18N6O5/c1-10-9-30-14-8-23-7-12(16(26)17(27)15(23)19(29)25(10)14)18(28)22-5-11-4-21-13-6-20-2-3-24(11)13/h2-4,6-7,10,14-15H,5,8-9H2,1H3,(H,22,28)/t10-,14+,15?/m0/s1. The Kier molecular flexibility index (Phi) is 4.13. The first-order valence-electron chi connectivity index (χ1n) is 9.49. The third kappa shape index (κ3) is 2.70. The Morgan fingerprint density at radius 3 is 2.97 bits per heavy atom. The number of Topliss-reactive ketones (excluding diaryl/α,β-unsaturated/α-hetero) is 2. The summed E-state index contributed by atoms with van der Waals surface area (Å²) in [5, 5.41) is 2.64. The lowest BCUT2D eigenvalue weighted by Gasteiger charge is -2.43. The highest BCUT2D eigenvalue weighted by molar-refractivity contribution is 6.53. The molecule has 3 aliphatic heterocycles. The van der Waals surface area contributed by atoms with E-state index in [1.54, 1.807) is 29.2 Å². The molecule has 0 aromatic carbocycles. The van der Waals surface area contributed by atoms with E-state index >= 15 is 0 Å². The minimum Gasteiger partial charge on any atom is -0.354 e. The summed E-state index contributed by atoms with van der Waals surface area (Å²) in [6, 6.07) is -1.40. The summed E-state index contributed by atoms with van der Waals surface area (Å²) in [5.41, 5.74) is 1.01. The molecule has 2 fully saturated rings. The van der Waals surface area contributed by atoms with Gasteiger partial charge in [-0.15, -0.1) is 0 Å². The van der Waals surface area contributed by atoms with E-state index in [1.807, 2.05) is 6.92 Å². The van der Waals surface area contributed by atoms with Crippen LogP contribution in [0.15, 0.2) is 36.6 Å². The number of aromatic nitrogens is 3.